The van der Waals surface area contributed by atoms with Gasteiger partial charge in [-0.2, -0.15) is 0 Å². The molecule has 1 saturated heterocycles. The van der Waals surface area contributed by atoms with Crippen molar-refractivity contribution in [1.82, 2.24) is 14.9 Å². The first kappa shape index (κ1) is 19.3. The predicted molar refractivity (Wildman–Crippen MR) is 116 cm³/mol. The van der Waals surface area contributed by atoms with Gasteiger partial charge in [0.2, 0.25) is 0 Å². The van der Waals surface area contributed by atoms with Gasteiger partial charge in [0.1, 0.15) is 16.5 Å². The van der Waals surface area contributed by atoms with E-state index in [2.05, 4.69) is 24.1 Å². The minimum Gasteiger partial charge on any atom is -0.391 e. The number of nitrogens with zero attached hydrogens (tertiary/aromatic N) is 3. The third-order valence-electron chi connectivity index (χ3n) is 5.46. The van der Waals surface area contributed by atoms with Gasteiger partial charge in [0.05, 0.1) is 18.0 Å². The van der Waals surface area contributed by atoms with Gasteiger partial charge in [-0.1, -0.05) is 30.3 Å². The highest BCUT2D eigenvalue weighted by Gasteiger charge is 2.18. The molecule has 28 heavy (non-hydrogen) atoms. The van der Waals surface area contributed by atoms with Crippen LogP contribution in [0.2, 0.25) is 0 Å². The zero-order valence-electron chi connectivity index (χ0n) is 16.6. The fourth-order valence-electron chi connectivity index (χ4n) is 3.81. The van der Waals surface area contributed by atoms with Crippen LogP contribution >= 0.6 is 11.3 Å². The zero-order chi connectivity index (χ0) is 19.5. The smallest absolute Gasteiger partial charge is 0.146 e. The van der Waals surface area contributed by atoms with E-state index < -0.39 is 6.10 Å². The van der Waals surface area contributed by atoms with Crippen molar-refractivity contribution in [3.8, 4) is 0 Å². The molecule has 1 unspecified atom stereocenters. The van der Waals surface area contributed by atoms with Gasteiger partial charge < -0.3 is 10.4 Å². The molecule has 1 atom stereocenters. The van der Waals surface area contributed by atoms with E-state index in [0.717, 1.165) is 47.1 Å². The van der Waals surface area contributed by atoms with Gasteiger partial charge in [-0.25, -0.2) is 9.97 Å². The molecule has 0 bridgehead atoms. The summed E-state index contributed by atoms with van der Waals surface area (Å²) in [7, 11) is 0. The van der Waals surface area contributed by atoms with Crippen LogP contribution in [0.15, 0.2) is 30.3 Å². The van der Waals surface area contributed by atoms with E-state index in [-0.39, 0.29) is 0 Å². The summed E-state index contributed by atoms with van der Waals surface area (Å²) in [5.41, 5.74) is 2.37. The number of likely N-dealkylation sites (tertiary alicyclic amines) is 1. The highest BCUT2D eigenvalue weighted by Crippen LogP contribution is 2.33. The molecule has 1 aliphatic heterocycles. The van der Waals surface area contributed by atoms with Crippen LogP contribution in [-0.4, -0.2) is 45.7 Å². The van der Waals surface area contributed by atoms with E-state index in [9.17, 15) is 5.11 Å². The number of rotatable bonds is 7. The summed E-state index contributed by atoms with van der Waals surface area (Å²) in [5.74, 6) is 1.73. The third kappa shape index (κ3) is 4.35. The van der Waals surface area contributed by atoms with E-state index in [1.807, 2.05) is 30.3 Å². The maximum atomic E-state index is 10.5. The van der Waals surface area contributed by atoms with Gasteiger partial charge in [-0.15, -0.1) is 11.3 Å². The lowest BCUT2D eigenvalue weighted by Crippen LogP contribution is -2.23. The van der Waals surface area contributed by atoms with E-state index >= 15 is 0 Å². The second-order valence-electron chi connectivity index (χ2n) is 7.66. The highest BCUT2D eigenvalue weighted by atomic mass is 32.1. The van der Waals surface area contributed by atoms with E-state index in [1.54, 1.807) is 11.3 Å². The van der Waals surface area contributed by atoms with Crippen LogP contribution < -0.4 is 5.32 Å². The lowest BCUT2D eigenvalue weighted by Gasteiger charge is -2.16. The Morgan fingerprint density at radius 1 is 1.14 bits per heavy atom. The zero-order valence-corrected chi connectivity index (χ0v) is 17.4. The van der Waals surface area contributed by atoms with Crippen molar-refractivity contribution in [2.75, 3.05) is 25.0 Å². The summed E-state index contributed by atoms with van der Waals surface area (Å²) >= 11 is 1.73. The molecule has 5 nitrogen and oxygen atoms in total. The summed E-state index contributed by atoms with van der Waals surface area (Å²) in [4.78, 5) is 14.4. The van der Waals surface area contributed by atoms with Crippen LogP contribution in [0.1, 0.15) is 34.7 Å². The van der Waals surface area contributed by atoms with Crippen LogP contribution in [-0.2, 0) is 13.0 Å². The number of hydrogen-bond acceptors (Lipinski definition) is 6. The van der Waals surface area contributed by atoms with Gasteiger partial charge in [-0.05, 0) is 50.9 Å². The molecule has 0 saturated carbocycles. The van der Waals surface area contributed by atoms with E-state index in [0.29, 0.717) is 13.0 Å². The number of aryl methyl sites for hydroxylation is 2. The quantitative estimate of drug-likeness (QED) is 0.634. The number of aromatic nitrogens is 2. The Morgan fingerprint density at radius 2 is 1.89 bits per heavy atom. The predicted octanol–water partition coefficient (Wildman–Crippen LogP) is 3.92. The summed E-state index contributed by atoms with van der Waals surface area (Å²) in [6.45, 7) is 7.79. The molecule has 3 heterocycles. The minimum absolute atomic E-state index is 0.463. The van der Waals surface area contributed by atoms with Gasteiger partial charge in [0.15, 0.2) is 0 Å². The molecule has 4 rings (SSSR count). The maximum Gasteiger partial charge on any atom is 0.146 e. The van der Waals surface area contributed by atoms with Crippen molar-refractivity contribution in [3.63, 3.8) is 0 Å². The molecule has 0 spiro atoms. The number of thiophene rings is 1. The first-order valence-corrected chi connectivity index (χ1v) is 10.9. The normalized spacial score (nSPS) is 16.0. The lowest BCUT2D eigenvalue weighted by atomic mass is 10.1. The molecule has 0 aliphatic carbocycles. The third-order valence-corrected chi connectivity index (χ3v) is 6.56. The van der Waals surface area contributed by atoms with Crippen LogP contribution in [0.3, 0.4) is 0 Å². The van der Waals surface area contributed by atoms with Gasteiger partial charge in [0, 0.05) is 17.8 Å². The van der Waals surface area contributed by atoms with Crippen LogP contribution in [0.5, 0.6) is 0 Å². The van der Waals surface area contributed by atoms with Crippen molar-refractivity contribution in [2.24, 2.45) is 0 Å². The lowest BCUT2D eigenvalue weighted by molar-refractivity contribution is 0.188. The molecule has 6 heteroatoms. The van der Waals surface area contributed by atoms with Crippen LogP contribution in [0, 0.1) is 13.8 Å². The largest absolute Gasteiger partial charge is 0.391 e. The monoisotopic (exact) mass is 396 g/mol. The molecule has 148 valence electrons. The van der Waals surface area contributed by atoms with Gasteiger partial charge in [0.25, 0.3) is 0 Å². The number of aliphatic hydroxyl groups excluding tert-OH is 1. The molecule has 1 aliphatic rings. The average Bonchev–Trinajstić information content (AvgIpc) is 3.29. The van der Waals surface area contributed by atoms with Gasteiger partial charge in [-0.3, -0.25) is 4.90 Å². The van der Waals surface area contributed by atoms with E-state index in [4.69, 9.17) is 9.97 Å². The second kappa shape index (κ2) is 8.55. The number of aliphatic hydroxyl groups is 1. The molecular formula is C22H28N4OS. The molecule has 3 aromatic rings. The first-order chi connectivity index (χ1) is 13.6. The molecular weight excluding hydrogens is 368 g/mol. The average molecular weight is 397 g/mol. The maximum absolute atomic E-state index is 10.5. The molecule has 2 N–H and O–H groups in total. The van der Waals surface area contributed by atoms with Crippen molar-refractivity contribution in [1.29, 1.82) is 0 Å². The fourth-order valence-corrected chi connectivity index (χ4v) is 4.85. The molecule has 1 fully saturated rings. The Bertz CT molecular complexity index is 935. The Hall–Kier alpha value is -2.02. The SMILES string of the molecule is Cc1sc2nc(CN3CCCC3)nc(NCC(O)Cc3ccccc3)c2c1C. The molecule has 2 aromatic heterocycles. The standard InChI is InChI=1S/C22H28N4OS/c1-15-16(2)28-22-20(15)21(24-19(25-22)14-26-10-6-7-11-26)23-13-18(27)12-17-8-4-3-5-9-17/h3-5,8-9,18,27H,6-7,10-14H2,1-2H3,(H,23,24,25). The number of fused-ring (bicyclic) bond motifs is 1. The minimum atomic E-state index is -0.463. The van der Waals surface area contributed by atoms with Crippen molar-refractivity contribution in [3.05, 3.63) is 52.2 Å². The Balaban J connectivity index is 1.53. The fraction of sp³-hybridized carbons (Fsp3) is 0.455. The Kier molecular flexibility index (Phi) is 5.90. The Morgan fingerprint density at radius 3 is 2.64 bits per heavy atom. The van der Waals surface area contributed by atoms with Gasteiger partial charge >= 0.3 is 0 Å². The number of nitrogens with one attached hydrogen (secondary N) is 1. The summed E-state index contributed by atoms with van der Waals surface area (Å²) in [5, 5.41) is 15.0. The summed E-state index contributed by atoms with van der Waals surface area (Å²) in [6, 6.07) is 10.1. The molecule has 0 radical (unpaired) electrons. The van der Waals surface area contributed by atoms with Crippen LogP contribution in [0.4, 0.5) is 5.82 Å². The van der Waals surface area contributed by atoms with Crippen molar-refractivity contribution in [2.45, 2.75) is 45.8 Å². The second-order valence-corrected chi connectivity index (χ2v) is 8.86. The first-order valence-electron chi connectivity index (χ1n) is 10.0. The molecule has 0 amide bonds. The Labute approximate surface area is 170 Å². The summed E-state index contributed by atoms with van der Waals surface area (Å²) < 4.78 is 0. The van der Waals surface area contributed by atoms with Crippen molar-refractivity contribution < 1.29 is 5.11 Å². The van der Waals surface area contributed by atoms with Crippen molar-refractivity contribution >= 4 is 27.4 Å². The highest BCUT2D eigenvalue weighted by molar-refractivity contribution is 7.18. The number of hydrogen-bond donors (Lipinski definition) is 2. The van der Waals surface area contributed by atoms with E-state index in [1.165, 1.54) is 23.3 Å². The number of benzene rings is 1. The van der Waals surface area contributed by atoms with Crippen LogP contribution in [0.25, 0.3) is 10.2 Å². The summed E-state index contributed by atoms with van der Waals surface area (Å²) in [6.07, 6.45) is 2.69. The number of anilines is 1. The molecule has 1 aromatic carbocycles. The topological polar surface area (TPSA) is 61.3 Å².